The second-order valence-electron chi connectivity index (χ2n) is 5.84. The molecule has 1 amide bonds. The molecular formula is C13H17ClN2O3S. The highest BCUT2D eigenvalue weighted by Crippen LogP contribution is 2.44. The van der Waals surface area contributed by atoms with E-state index in [1.54, 1.807) is 6.92 Å². The summed E-state index contributed by atoms with van der Waals surface area (Å²) in [6.07, 6.45) is 0.903. The SMILES string of the molecule is Cc1c(C(=O)NC2CC2(C)C)cc(Cl)cc1S(N)(=O)=O. The quantitative estimate of drug-likeness (QED) is 0.891. The molecule has 110 valence electrons. The van der Waals surface area contributed by atoms with Crippen LogP contribution in [-0.2, 0) is 10.0 Å². The van der Waals surface area contributed by atoms with Crippen molar-refractivity contribution in [2.24, 2.45) is 10.6 Å². The normalized spacial score (nSPS) is 20.6. The summed E-state index contributed by atoms with van der Waals surface area (Å²) in [6, 6.07) is 2.81. The van der Waals surface area contributed by atoms with E-state index >= 15 is 0 Å². The molecule has 0 saturated heterocycles. The maximum absolute atomic E-state index is 12.2. The van der Waals surface area contributed by atoms with E-state index in [4.69, 9.17) is 16.7 Å². The van der Waals surface area contributed by atoms with Gasteiger partial charge in [-0.3, -0.25) is 4.79 Å². The largest absolute Gasteiger partial charge is 0.349 e. The van der Waals surface area contributed by atoms with Crippen LogP contribution in [0.25, 0.3) is 0 Å². The van der Waals surface area contributed by atoms with Gasteiger partial charge in [0.1, 0.15) is 0 Å². The number of primary sulfonamides is 1. The first-order chi connectivity index (χ1) is 9.02. The fraction of sp³-hybridized carbons (Fsp3) is 0.462. The van der Waals surface area contributed by atoms with E-state index in [1.165, 1.54) is 12.1 Å². The lowest BCUT2D eigenvalue weighted by Crippen LogP contribution is -2.29. The van der Waals surface area contributed by atoms with Crippen molar-refractivity contribution in [3.05, 3.63) is 28.3 Å². The number of hydrogen-bond donors (Lipinski definition) is 2. The van der Waals surface area contributed by atoms with Crippen LogP contribution in [0.3, 0.4) is 0 Å². The van der Waals surface area contributed by atoms with Crippen molar-refractivity contribution in [1.29, 1.82) is 0 Å². The number of hydrogen-bond acceptors (Lipinski definition) is 3. The van der Waals surface area contributed by atoms with Gasteiger partial charge in [0, 0.05) is 16.6 Å². The molecule has 0 spiro atoms. The third-order valence-electron chi connectivity index (χ3n) is 3.69. The van der Waals surface area contributed by atoms with Crippen LogP contribution in [0.15, 0.2) is 17.0 Å². The molecule has 1 aromatic rings. The molecule has 0 bridgehead atoms. The van der Waals surface area contributed by atoms with Crippen LogP contribution >= 0.6 is 11.6 Å². The molecule has 20 heavy (non-hydrogen) atoms. The summed E-state index contributed by atoms with van der Waals surface area (Å²) in [7, 11) is -3.91. The van der Waals surface area contributed by atoms with Gasteiger partial charge < -0.3 is 5.32 Å². The summed E-state index contributed by atoms with van der Waals surface area (Å²) in [5, 5.41) is 8.17. The Morgan fingerprint density at radius 1 is 1.45 bits per heavy atom. The van der Waals surface area contributed by atoms with E-state index in [1.807, 2.05) is 0 Å². The number of sulfonamides is 1. The monoisotopic (exact) mass is 316 g/mol. The van der Waals surface area contributed by atoms with Crippen LogP contribution in [-0.4, -0.2) is 20.4 Å². The minimum absolute atomic E-state index is 0.0882. The van der Waals surface area contributed by atoms with E-state index in [0.29, 0.717) is 5.56 Å². The highest BCUT2D eigenvalue weighted by molar-refractivity contribution is 7.89. The second-order valence-corrected chi connectivity index (χ2v) is 7.81. The van der Waals surface area contributed by atoms with Gasteiger partial charge in [-0.25, -0.2) is 13.6 Å². The van der Waals surface area contributed by atoms with E-state index in [-0.39, 0.29) is 32.8 Å². The fourth-order valence-electron chi connectivity index (χ4n) is 2.13. The Kier molecular flexibility index (Phi) is 3.60. The Hall–Kier alpha value is -1.11. The lowest BCUT2D eigenvalue weighted by Gasteiger charge is -2.12. The summed E-state index contributed by atoms with van der Waals surface area (Å²) in [6.45, 7) is 5.65. The summed E-state index contributed by atoms with van der Waals surface area (Å²) >= 11 is 5.88. The molecule has 1 aromatic carbocycles. The van der Waals surface area contributed by atoms with Gasteiger partial charge in [-0.2, -0.15) is 0 Å². The lowest BCUT2D eigenvalue weighted by molar-refractivity contribution is 0.0945. The number of nitrogens with one attached hydrogen (secondary N) is 1. The maximum Gasteiger partial charge on any atom is 0.251 e. The number of halogens is 1. The topological polar surface area (TPSA) is 89.3 Å². The predicted molar refractivity (Wildman–Crippen MR) is 77.2 cm³/mol. The Morgan fingerprint density at radius 2 is 2.00 bits per heavy atom. The molecule has 1 aliphatic carbocycles. The first kappa shape index (κ1) is 15.3. The molecule has 0 aromatic heterocycles. The number of carbonyl (C=O) groups excluding carboxylic acids is 1. The van der Waals surface area contributed by atoms with E-state index < -0.39 is 10.0 Å². The smallest absolute Gasteiger partial charge is 0.251 e. The minimum atomic E-state index is -3.91. The van der Waals surface area contributed by atoms with Crippen LogP contribution in [0.5, 0.6) is 0 Å². The summed E-state index contributed by atoms with van der Waals surface area (Å²) < 4.78 is 23.0. The molecule has 1 unspecified atom stereocenters. The van der Waals surface area contributed by atoms with Crippen LogP contribution < -0.4 is 10.5 Å². The van der Waals surface area contributed by atoms with Crippen LogP contribution in [0.4, 0.5) is 0 Å². The Bertz CT molecular complexity index is 683. The van der Waals surface area contributed by atoms with E-state index in [9.17, 15) is 13.2 Å². The number of amides is 1. The van der Waals surface area contributed by atoms with Gasteiger partial charge in [-0.15, -0.1) is 0 Å². The lowest BCUT2D eigenvalue weighted by atomic mass is 10.1. The molecule has 1 fully saturated rings. The van der Waals surface area contributed by atoms with Crippen LogP contribution in [0, 0.1) is 12.3 Å². The van der Waals surface area contributed by atoms with Crippen LogP contribution in [0.1, 0.15) is 36.2 Å². The molecule has 1 atom stereocenters. The Balaban J connectivity index is 2.37. The minimum Gasteiger partial charge on any atom is -0.349 e. The first-order valence-corrected chi connectivity index (χ1v) is 8.08. The second kappa shape index (κ2) is 4.72. The zero-order valence-corrected chi connectivity index (χ0v) is 13.1. The predicted octanol–water partition coefficient (Wildman–Crippen LogP) is 1.82. The van der Waals surface area contributed by atoms with Crippen molar-refractivity contribution in [2.45, 2.75) is 38.1 Å². The molecular weight excluding hydrogens is 300 g/mol. The number of rotatable bonds is 3. The first-order valence-electron chi connectivity index (χ1n) is 6.16. The van der Waals surface area contributed by atoms with Crippen molar-refractivity contribution in [2.75, 3.05) is 0 Å². The zero-order chi connectivity index (χ0) is 15.3. The molecule has 0 radical (unpaired) electrons. The highest BCUT2D eigenvalue weighted by atomic mass is 35.5. The zero-order valence-electron chi connectivity index (χ0n) is 11.5. The van der Waals surface area contributed by atoms with Gasteiger partial charge in [-0.1, -0.05) is 25.4 Å². The average molecular weight is 317 g/mol. The Morgan fingerprint density at radius 3 is 2.45 bits per heavy atom. The van der Waals surface area contributed by atoms with Gasteiger partial charge in [-0.05, 0) is 36.5 Å². The van der Waals surface area contributed by atoms with Crippen molar-refractivity contribution < 1.29 is 13.2 Å². The standard InChI is InChI=1S/C13H17ClN2O3S/c1-7-9(12(17)16-11-6-13(11,2)3)4-8(14)5-10(7)20(15,18)19/h4-5,11H,6H2,1-3H3,(H,16,17)(H2,15,18,19). The van der Waals surface area contributed by atoms with E-state index in [2.05, 4.69) is 19.2 Å². The van der Waals surface area contributed by atoms with Crippen LogP contribution in [0.2, 0.25) is 5.02 Å². The average Bonchev–Trinajstić information content (AvgIpc) is 2.87. The fourth-order valence-corrected chi connectivity index (χ4v) is 3.25. The molecule has 2 rings (SSSR count). The summed E-state index contributed by atoms with van der Waals surface area (Å²) in [4.78, 5) is 12.1. The summed E-state index contributed by atoms with van der Waals surface area (Å²) in [5.74, 6) is -0.328. The van der Waals surface area contributed by atoms with Gasteiger partial charge in [0.25, 0.3) is 5.91 Å². The molecule has 3 N–H and O–H groups in total. The molecule has 0 heterocycles. The van der Waals surface area contributed by atoms with Crippen molar-refractivity contribution in [1.82, 2.24) is 5.32 Å². The van der Waals surface area contributed by atoms with Gasteiger partial charge in [0.05, 0.1) is 4.90 Å². The number of benzene rings is 1. The van der Waals surface area contributed by atoms with Crippen molar-refractivity contribution >= 4 is 27.5 Å². The third kappa shape index (κ3) is 2.97. The molecule has 7 heteroatoms. The van der Waals surface area contributed by atoms with Gasteiger partial charge >= 0.3 is 0 Å². The number of nitrogens with two attached hydrogens (primary N) is 1. The maximum atomic E-state index is 12.2. The summed E-state index contributed by atoms with van der Waals surface area (Å²) in [5.41, 5.74) is 0.641. The highest BCUT2D eigenvalue weighted by Gasteiger charge is 2.46. The molecule has 1 aliphatic rings. The molecule has 1 saturated carbocycles. The molecule has 0 aliphatic heterocycles. The number of carbonyl (C=O) groups is 1. The molecule has 5 nitrogen and oxygen atoms in total. The van der Waals surface area contributed by atoms with E-state index in [0.717, 1.165) is 6.42 Å². The van der Waals surface area contributed by atoms with Crippen molar-refractivity contribution in [3.8, 4) is 0 Å². The van der Waals surface area contributed by atoms with Gasteiger partial charge in [0.15, 0.2) is 0 Å². The third-order valence-corrected chi connectivity index (χ3v) is 4.95. The Labute approximate surface area is 123 Å². The van der Waals surface area contributed by atoms with Gasteiger partial charge in [0.2, 0.25) is 10.0 Å². The van der Waals surface area contributed by atoms with Crippen molar-refractivity contribution in [3.63, 3.8) is 0 Å².